The molecule has 0 spiro atoms. The Morgan fingerprint density at radius 3 is 2.62 bits per heavy atom. The number of esters is 1. The van der Waals surface area contributed by atoms with E-state index in [4.69, 9.17) is 26.4 Å². The first-order valence-corrected chi connectivity index (χ1v) is 11.4. The molecule has 0 radical (unpaired) electrons. The molecular weight excluding hydrogens is 478 g/mol. The first-order chi connectivity index (χ1) is 13.9. The van der Waals surface area contributed by atoms with Crippen molar-refractivity contribution in [2.24, 2.45) is 0 Å². The van der Waals surface area contributed by atoms with Gasteiger partial charge in [-0.3, -0.25) is 14.5 Å². The third kappa shape index (κ3) is 6.45. The number of carbonyl (C=O) groups excluding carboxylic acids is 2. The number of rotatable bonds is 10. The molecule has 9 heteroatoms. The molecule has 158 valence electrons. The number of thioether (sulfide) groups is 1. The summed E-state index contributed by atoms with van der Waals surface area (Å²) in [4.78, 5) is 26.4. The van der Waals surface area contributed by atoms with E-state index < -0.39 is 0 Å². The highest BCUT2D eigenvalue weighted by Crippen LogP contribution is 2.39. The SMILES string of the molecule is CCCOC(=O)CCN1C(=O)/C(=C/c2cc(Br)c(OCC)c(OCC)c2)SC1=S. The number of nitrogens with zero attached hydrogens (tertiary/aromatic N) is 1. The van der Waals surface area contributed by atoms with Gasteiger partial charge in [-0.05, 0) is 60.0 Å². The molecule has 0 aromatic heterocycles. The van der Waals surface area contributed by atoms with Crippen LogP contribution in [0.5, 0.6) is 11.5 Å². The predicted octanol–water partition coefficient (Wildman–Crippen LogP) is 4.79. The van der Waals surface area contributed by atoms with Gasteiger partial charge in [0.05, 0.1) is 35.6 Å². The number of amides is 1. The van der Waals surface area contributed by atoms with Crippen LogP contribution < -0.4 is 9.47 Å². The number of thiocarbonyl (C=S) groups is 1. The summed E-state index contributed by atoms with van der Waals surface area (Å²) in [6.45, 7) is 7.32. The zero-order valence-electron chi connectivity index (χ0n) is 16.7. The predicted molar refractivity (Wildman–Crippen MR) is 122 cm³/mol. The van der Waals surface area contributed by atoms with Crippen LogP contribution in [0.25, 0.3) is 6.08 Å². The Morgan fingerprint density at radius 1 is 1.24 bits per heavy atom. The summed E-state index contributed by atoms with van der Waals surface area (Å²) in [6, 6.07) is 3.69. The molecule has 1 saturated heterocycles. The Balaban J connectivity index is 2.17. The van der Waals surface area contributed by atoms with E-state index in [0.29, 0.717) is 40.5 Å². The van der Waals surface area contributed by atoms with E-state index in [2.05, 4.69) is 15.9 Å². The summed E-state index contributed by atoms with van der Waals surface area (Å²) < 4.78 is 17.5. The molecule has 2 rings (SSSR count). The average molecular weight is 502 g/mol. The fourth-order valence-corrected chi connectivity index (χ4v) is 4.44. The Morgan fingerprint density at radius 2 is 1.97 bits per heavy atom. The summed E-state index contributed by atoms with van der Waals surface area (Å²) in [7, 11) is 0. The van der Waals surface area contributed by atoms with Crippen LogP contribution in [0.3, 0.4) is 0 Å². The highest BCUT2D eigenvalue weighted by Gasteiger charge is 2.32. The third-order valence-electron chi connectivity index (χ3n) is 3.80. The molecule has 0 saturated carbocycles. The van der Waals surface area contributed by atoms with Crippen LogP contribution in [0.15, 0.2) is 21.5 Å². The summed E-state index contributed by atoms with van der Waals surface area (Å²) in [5, 5.41) is 0. The van der Waals surface area contributed by atoms with E-state index in [-0.39, 0.29) is 24.8 Å². The van der Waals surface area contributed by atoms with Crippen molar-refractivity contribution in [2.75, 3.05) is 26.4 Å². The van der Waals surface area contributed by atoms with Gasteiger partial charge in [-0.2, -0.15) is 0 Å². The van der Waals surface area contributed by atoms with Crippen LogP contribution in [0.1, 0.15) is 39.2 Å². The minimum atomic E-state index is -0.332. The monoisotopic (exact) mass is 501 g/mol. The van der Waals surface area contributed by atoms with Crippen molar-refractivity contribution in [3.63, 3.8) is 0 Å². The topological polar surface area (TPSA) is 65.1 Å². The zero-order chi connectivity index (χ0) is 21.4. The minimum Gasteiger partial charge on any atom is -0.490 e. The van der Waals surface area contributed by atoms with Crippen LogP contribution in [-0.4, -0.2) is 47.5 Å². The summed E-state index contributed by atoms with van der Waals surface area (Å²) in [6.07, 6.45) is 2.64. The minimum absolute atomic E-state index is 0.114. The zero-order valence-corrected chi connectivity index (χ0v) is 19.9. The van der Waals surface area contributed by atoms with Gasteiger partial charge < -0.3 is 14.2 Å². The number of ether oxygens (including phenoxy) is 3. The van der Waals surface area contributed by atoms with Gasteiger partial charge in [-0.1, -0.05) is 30.9 Å². The van der Waals surface area contributed by atoms with E-state index in [0.717, 1.165) is 16.5 Å². The number of benzene rings is 1. The van der Waals surface area contributed by atoms with Crippen molar-refractivity contribution in [1.29, 1.82) is 0 Å². The van der Waals surface area contributed by atoms with E-state index >= 15 is 0 Å². The molecule has 0 bridgehead atoms. The molecule has 1 heterocycles. The Labute approximate surface area is 189 Å². The molecule has 1 aromatic carbocycles. The summed E-state index contributed by atoms with van der Waals surface area (Å²) in [5.74, 6) is 0.682. The number of halogens is 1. The molecule has 29 heavy (non-hydrogen) atoms. The maximum Gasteiger partial charge on any atom is 0.307 e. The van der Waals surface area contributed by atoms with Gasteiger partial charge in [0.2, 0.25) is 0 Å². The van der Waals surface area contributed by atoms with Gasteiger partial charge in [0, 0.05) is 6.54 Å². The van der Waals surface area contributed by atoms with Crippen molar-refractivity contribution < 1.29 is 23.8 Å². The Hall–Kier alpha value is -1.58. The highest BCUT2D eigenvalue weighted by molar-refractivity contribution is 9.10. The maximum atomic E-state index is 12.7. The number of hydrogen-bond acceptors (Lipinski definition) is 7. The Kier molecular flexibility index (Phi) is 9.45. The second-order valence-electron chi connectivity index (χ2n) is 6.00. The van der Waals surface area contributed by atoms with Gasteiger partial charge in [0.25, 0.3) is 5.91 Å². The van der Waals surface area contributed by atoms with Crippen LogP contribution >= 0.6 is 39.9 Å². The van der Waals surface area contributed by atoms with E-state index in [9.17, 15) is 9.59 Å². The molecule has 1 aliphatic heterocycles. The normalized spacial score (nSPS) is 15.2. The summed E-state index contributed by atoms with van der Waals surface area (Å²) in [5.41, 5.74) is 0.784. The molecule has 0 unspecified atom stereocenters. The second kappa shape index (κ2) is 11.6. The van der Waals surface area contributed by atoms with Crippen LogP contribution in [-0.2, 0) is 14.3 Å². The van der Waals surface area contributed by atoms with Crippen LogP contribution in [0.2, 0.25) is 0 Å². The molecule has 1 aromatic rings. The van der Waals surface area contributed by atoms with Crippen molar-refractivity contribution >= 4 is 62.2 Å². The largest absolute Gasteiger partial charge is 0.490 e. The second-order valence-corrected chi connectivity index (χ2v) is 8.53. The van der Waals surface area contributed by atoms with Crippen molar-refractivity contribution in [1.82, 2.24) is 4.90 Å². The lowest BCUT2D eigenvalue weighted by Crippen LogP contribution is -2.30. The summed E-state index contributed by atoms with van der Waals surface area (Å²) >= 11 is 10.0. The average Bonchev–Trinajstić information content (AvgIpc) is 2.94. The fourth-order valence-electron chi connectivity index (χ4n) is 2.55. The molecule has 0 N–H and O–H groups in total. The van der Waals surface area contributed by atoms with Crippen LogP contribution in [0, 0.1) is 0 Å². The van der Waals surface area contributed by atoms with Gasteiger partial charge in [0.1, 0.15) is 4.32 Å². The molecule has 0 atom stereocenters. The molecule has 0 aliphatic carbocycles. The van der Waals surface area contributed by atoms with Gasteiger partial charge in [-0.15, -0.1) is 0 Å². The molecule has 1 amide bonds. The van der Waals surface area contributed by atoms with Gasteiger partial charge in [0.15, 0.2) is 11.5 Å². The van der Waals surface area contributed by atoms with E-state index in [1.807, 2.05) is 32.9 Å². The lowest BCUT2D eigenvalue weighted by atomic mass is 10.2. The first kappa shape index (κ1) is 23.7. The molecular formula is C20H24BrNO5S2. The first-order valence-electron chi connectivity index (χ1n) is 9.41. The standard InChI is InChI=1S/C20H24BrNO5S2/c1-4-9-27-17(23)7-8-22-19(24)16(29-20(22)28)12-13-10-14(21)18(26-6-3)15(11-13)25-5-2/h10-12H,4-9H2,1-3H3/b16-12-. The van der Waals surface area contributed by atoms with Crippen molar-refractivity contribution in [2.45, 2.75) is 33.6 Å². The molecule has 1 fully saturated rings. The molecule has 6 nitrogen and oxygen atoms in total. The van der Waals surface area contributed by atoms with Gasteiger partial charge in [-0.25, -0.2) is 0 Å². The van der Waals surface area contributed by atoms with Crippen molar-refractivity contribution in [3.8, 4) is 11.5 Å². The number of hydrogen-bond donors (Lipinski definition) is 0. The highest BCUT2D eigenvalue weighted by atomic mass is 79.9. The van der Waals surface area contributed by atoms with E-state index in [1.165, 1.54) is 16.7 Å². The lowest BCUT2D eigenvalue weighted by molar-refractivity contribution is -0.143. The third-order valence-corrected chi connectivity index (χ3v) is 5.77. The van der Waals surface area contributed by atoms with Crippen molar-refractivity contribution in [3.05, 3.63) is 27.1 Å². The Bertz CT molecular complexity index is 812. The maximum absolute atomic E-state index is 12.7. The van der Waals surface area contributed by atoms with E-state index in [1.54, 1.807) is 6.08 Å². The lowest BCUT2D eigenvalue weighted by Gasteiger charge is -2.14. The fraction of sp³-hybridized carbons (Fsp3) is 0.450. The molecule has 1 aliphatic rings. The quantitative estimate of drug-likeness (QED) is 0.259. The smallest absolute Gasteiger partial charge is 0.307 e. The number of carbonyl (C=O) groups is 2. The van der Waals surface area contributed by atoms with Gasteiger partial charge >= 0.3 is 5.97 Å². The van der Waals surface area contributed by atoms with Crippen LogP contribution in [0.4, 0.5) is 0 Å².